The quantitative estimate of drug-likeness (QED) is 0.215. The summed E-state index contributed by atoms with van der Waals surface area (Å²) in [5, 5.41) is 0. The van der Waals surface area contributed by atoms with Gasteiger partial charge >= 0.3 is 11.9 Å². The molecule has 7 nitrogen and oxygen atoms in total. The number of nitrogens with zero attached hydrogens (tertiary/aromatic N) is 1. The van der Waals surface area contributed by atoms with Crippen molar-refractivity contribution >= 4 is 17.7 Å². The third kappa shape index (κ3) is 7.49. The zero-order valence-electron chi connectivity index (χ0n) is 23.4. The molecule has 0 aliphatic rings. The van der Waals surface area contributed by atoms with Crippen molar-refractivity contribution in [3.8, 4) is 11.5 Å². The van der Waals surface area contributed by atoms with Crippen molar-refractivity contribution < 1.29 is 37.4 Å². The molecule has 9 heteroatoms. The molecule has 0 saturated heterocycles. The van der Waals surface area contributed by atoms with Gasteiger partial charge in [-0.15, -0.1) is 0 Å². The highest BCUT2D eigenvalue weighted by Crippen LogP contribution is 2.34. The lowest BCUT2D eigenvalue weighted by atomic mass is 9.87. The Morgan fingerprint density at radius 2 is 1.40 bits per heavy atom. The van der Waals surface area contributed by atoms with E-state index in [0.717, 1.165) is 0 Å². The number of esters is 2. The Bertz CT molecular complexity index is 1300. The molecule has 0 aliphatic carbocycles. The van der Waals surface area contributed by atoms with Crippen LogP contribution in [0.2, 0.25) is 0 Å². The number of rotatable bonds is 10. The second-order valence-corrected chi connectivity index (χ2v) is 10.6. The normalized spacial score (nSPS) is 12.9. The van der Waals surface area contributed by atoms with Crippen LogP contribution < -0.4 is 9.47 Å². The summed E-state index contributed by atoms with van der Waals surface area (Å²) in [6.07, 6.45) is 0.338. The Kier molecular flexibility index (Phi) is 9.74. The third-order valence-corrected chi connectivity index (χ3v) is 6.28. The molecule has 0 spiro atoms. The van der Waals surface area contributed by atoms with Gasteiger partial charge in [0.1, 0.15) is 17.7 Å². The molecule has 3 aromatic rings. The fraction of sp³-hybridized carbons (Fsp3) is 0.355. The lowest BCUT2D eigenvalue weighted by Gasteiger charge is -2.26. The SMILES string of the molecule is COc1ccnc(C(=O)C[C@@H](C)C(=O)O[C@@H](C)C(c2ccc(F)cc2)c2ccc(F)cc2)c1OC(=O)C(C)(C)C. The molecular formula is C31H33F2NO6. The van der Waals surface area contributed by atoms with E-state index in [2.05, 4.69) is 4.98 Å². The Labute approximate surface area is 232 Å². The van der Waals surface area contributed by atoms with Crippen LogP contribution in [0.1, 0.15) is 68.6 Å². The standard InChI is InChI=1S/C31H33F2NO6/c1-18(17-24(35)27-28(25(38-6)15-16-34-27)40-30(37)31(3,4)5)29(36)39-19(2)26(20-7-11-22(32)12-8-20)21-9-13-23(33)14-10-21/h7-16,18-19,26H,17H2,1-6H3/t18-,19+/m1/s1. The molecule has 0 unspecified atom stereocenters. The fourth-order valence-corrected chi connectivity index (χ4v) is 4.03. The average Bonchev–Trinajstić information content (AvgIpc) is 2.90. The van der Waals surface area contributed by atoms with Gasteiger partial charge in [0.15, 0.2) is 17.2 Å². The number of methoxy groups -OCH3 is 1. The van der Waals surface area contributed by atoms with E-state index >= 15 is 0 Å². The first-order valence-corrected chi connectivity index (χ1v) is 12.8. The molecule has 0 saturated carbocycles. The van der Waals surface area contributed by atoms with Crippen LogP contribution >= 0.6 is 0 Å². The minimum atomic E-state index is -0.879. The van der Waals surface area contributed by atoms with E-state index in [0.29, 0.717) is 11.1 Å². The van der Waals surface area contributed by atoms with Crippen molar-refractivity contribution in [2.75, 3.05) is 7.11 Å². The summed E-state index contributed by atoms with van der Waals surface area (Å²) in [6, 6.07) is 13.0. The monoisotopic (exact) mass is 553 g/mol. The molecule has 2 atom stereocenters. The molecule has 2 aromatic carbocycles. The lowest BCUT2D eigenvalue weighted by Crippen LogP contribution is -2.28. The maximum atomic E-state index is 13.6. The Balaban J connectivity index is 1.79. The van der Waals surface area contributed by atoms with E-state index in [4.69, 9.17) is 14.2 Å². The van der Waals surface area contributed by atoms with E-state index in [9.17, 15) is 23.2 Å². The number of ketones is 1. The first-order chi connectivity index (χ1) is 18.8. The Morgan fingerprint density at radius 1 is 0.875 bits per heavy atom. The number of benzene rings is 2. The number of hydrogen-bond donors (Lipinski definition) is 0. The van der Waals surface area contributed by atoms with Crippen molar-refractivity contribution in [1.29, 1.82) is 0 Å². The number of halogens is 2. The van der Waals surface area contributed by atoms with Crippen LogP contribution in [-0.4, -0.2) is 35.9 Å². The molecule has 1 heterocycles. The molecular weight excluding hydrogens is 520 g/mol. The summed E-state index contributed by atoms with van der Waals surface area (Å²) >= 11 is 0. The zero-order valence-corrected chi connectivity index (χ0v) is 23.4. The molecule has 0 fully saturated rings. The highest BCUT2D eigenvalue weighted by atomic mass is 19.1. The van der Waals surface area contributed by atoms with Crippen molar-refractivity contribution in [2.24, 2.45) is 11.3 Å². The number of aromatic nitrogens is 1. The number of ether oxygens (including phenoxy) is 3. The number of Topliss-reactive ketones (excluding diaryl/α,β-unsaturated/α-hetero) is 1. The predicted octanol–water partition coefficient (Wildman–Crippen LogP) is 6.29. The summed E-state index contributed by atoms with van der Waals surface area (Å²) in [6.45, 7) is 8.23. The third-order valence-electron chi connectivity index (χ3n) is 6.28. The largest absolute Gasteiger partial charge is 0.493 e. The van der Waals surface area contributed by atoms with Gasteiger partial charge in [0.2, 0.25) is 5.75 Å². The molecule has 3 rings (SSSR count). The van der Waals surface area contributed by atoms with Gasteiger partial charge in [-0.3, -0.25) is 14.4 Å². The first kappa shape index (κ1) is 30.4. The maximum Gasteiger partial charge on any atom is 0.316 e. The van der Waals surface area contributed by atoms with E-state index in [1.54, 1.807) is 58.9 Å². The van der Waals surface area contributed by atoms with Crippen LogP contribution in [0.4, 0.5) is 8.78 Å². The molecule has 0 N–H and O–H groups in total. The van der Waals surface area contributed by atoms with Gasteiger partial charge in [-0.2, -0.15) is 0 Å². The first-order valence-electron chi connectivity index (χ1n) is 12.8. The zero-order chi connectivity index (χ0) is 29.6. The van der Waals surface area contributed by atoms with Crippen LogP contribution in [0.5, 0.6) is 11.5 Å². The highest BCUT2D eigenvalue weighted by Gasteiger charge is 2.31. The van der Waals surface area contributed by atoms with Gasteiger partial charge in [0.05, 0.1) is 18.4 Å². The second kappa shape index (κ2) is 12.8. The van der Waals surface area contributed by atoms with E-state index < -0.39 is 52.7 Å². The number of carbonyl (C=O) groups excluding carboxylic acids is 3. The molecule has 212 valence electrons. The van der Waals surface area contributed by atoms with E-state index in [1.165, 1.54) is 43.6 Å². The van der Waals surface area contributed by atoms with Crippen LogP contribution in [0.15, 0.2) is 60.8 Å². The molecule has 1 aromatic heterocycles. The summed E-state index contributed by atoms with van der Waals surface area (Å²) in [4.78, 5) is 42.9. The summed E-state index contributed by atoms with van der Waals surface area (Å²) in [5.74, 6) is -3.96. The second-order valence-electron chi connectivity index (χ2n) is 10.6. The predicted molar refractivity (Wildman–Crippen MR) is 144 cm³/mol. The molecule has 0 radical (unpaired) electrons. The summed E-state index contributed by atoms with van der Waals surface area (Å²) in [5.41, 5.74) is 0.353. The molecule has 0 bridgehead atoms. The maximum absolute atomic E-state index is 13.6. The fourth-order valence-electron chi connectivity index (χ4n) is 4.03. The van der Waals surface area contributed by atoms with Gasteiger partial charge in [-0.1, -0.05) is 31.2 Å². The highest BCUT2D eigenvalue weighted by molar-refractivity contribution is 6.00. The molecule has 0 aliphatic heterocycles. The van der Waals surface area contributed by atoms with Crippen molar-refractivity contribution in [2.45, 2.75) is 53.1 Å². The van der Waals surface area contributed by atoms with Gasteiger partial charge in [0, 0.05) is 24.6 Å². The van der Waals surface area contributed by atoms with Crippen molar-refractivity contribution in [1.82, 2.24) is 4.98 Å². The van der Waals surface area contributed by atoms with Gasteiger partial charge in [-0.25, -0.2) is 13.8 Å². The summed E-state index contributed by atoms with van der Waals surface area (Å²) in [7, 11) is 1.37. The number of pyridine rings is 1. The van der Waals surface area contributed by atoms with Crippen molar-refractivity contribution in [3.05, 3.63) is 89.2 Å². The van der Waals surface area contributed by atoms with Crippen LogP contribution in [0.3, 0.4) is 0 Å². The Morgan fingerprint density at radius 3 is 1.88 bits per heavy atom. The number of carbonyl (C=O) groups is 3. The van der Waals surface area contributed by atoms with E-state index in [-0.39, 0.29) is 23.6 Å². The van der Waals surface area contributed by atoms with E-state index in [1.807, 2.05) is 0 Å². The minimum Gasteiger partial charge on any atom is -0.493 e. The van der Waals surface area contributed by atoms with Gasteiger partial charge < -0.3 is 14.2 Å². The molecule has 40 heavy (non-hydrogen) atoms. The van der Waals surface area contributed by atoms with Crippen LogP contribution in [0, 0.1) is 23.0 Å². The van der Waals surface area contributed by atoms with Gasteiger partial charge in [0.25, 0.3) is 0 Å². The number of hydrogen-bond acceptors (Lipinski definition) is 7. The van der Waals surface area contributed by atoms with Gasteiger partial charge in [-0.05, 0) is 63.1 Å². The molecule has 0 amide bonds. The van der Waals surface area contributed by atoms with Crippen molar-refractivity contribution in [3.63, 3.8) is 0 Å². The van der Waals surface area contributed by atoms with Crippen LogP contribution in [0.25, 0.3) is 0 Å². The average molecular weight is 554 g/mol. The lowest BCUT2D eigenvalue weighted by molar-refractivity contribution is -0.153. The minimum absolute atomic E-state index is 0.114. The van der Waals surface area contributed by atoms with Crippen LogP contribution in [-0.2, 0) is 14.3 Å². The Hall–Kier alpha value is -4.14. The smallest absolute Gasteiger partial charge is 0.316 e. The topological polar surface area (TPSA) is 91.8 Å². The summed E-state index contributed by atoms with van der Waals surface area (Å²) < 4.78 is 43.7.